The maximum Gasteiger partial charge on any atom is 0.338 e. The number of carbonyl (C=O) groups is 3. The molecule has 2 amide bonds. The number of nitrogens with zero attached hydrogens (tertiary/aromatic N) is 1. The molecule has 1 aromatic rings. The number of hydrogen-bond donors (Lipinski definition) is 1. The summed E-state index contributed by atoms with van der Waals surface area (Å²) in [7, 11) is 0. The molecule has 7 heteroatoms. The summed E-state index contributed by atoms with van der Waals surface area (Å²) in [4.78, 5) is 37.2. The van der Waals surface area contributed by atoms with Crippen molar-refractivity contribution < 1.29 is 23.9 Å². The summed E-state index contributed by atoms with van der Waals surface area (Å²) in [5.41, 5.74) is 2.01. The molecule has 1 aromatic carbocycles. The molecule has 0 aromatic heterocycles. The van der Waals surface area contributed by atoms with E-state index in [1.165, 1.54) is 0 Å². The summed E-state index contributed by atoms with van der Waals surface area (Å²) in [6, 6.07) is 4.99. The van der Waals surface area contributed by atoms with Crippen LogP contribution in [0.1, 0.15) is 29.3 Å². The molecule has 1 N–H and O–H groups in total. The summed E-state index contributed by atoms with van der Waals surface area (Å²) >= 11 is 0. The highest BCUT2D eigenvalue weighted by atomic mass is 16.5. The zero-order valence-corrected chi connectivity index (χ0v) is 13.5. The molecule has 128 valence electrons. The van der Waals surface area contributed by atoms with Crippen molar-refractivity contribution in [3.63, 3.8) is 0 Å². The van der Waals surface area contributed by atoms with Crippen LogP contribution in [0.25, 0.3) is 0 Å². The minimum atomic E-state index is -0.538. The van der Waals surface area contributed by atoms with Gasteiger partial charge in [-0.3, -0.25) is 9.59 Å². The fraction of sp³-hybridized carbons (Fsp3) is 0.471. The lowest BCUT2D eigenvalue weighted by Gasteiger charge is -2.30. The van der Waals surface area contributed by atoms with Crippen molar-refractivity contribution in [2.45, 2.75) is 25.9 Å². The van der Waals surface area contributed by atoms with Crippen molar-refractivity contribution in [2.24, 2.45) is 0 Å². The monoisotopic (exact) mass is 332 g/mol. The molecule has 0 aliphatic carbocycles. The molecule has 1 unspecified atom stereocenters. The van der Waals surface area contributed by atoms with Crippen LogP contribution in [0.15, 0.2) is 18.2 Å². The smallest absolute Gasteiger partial charge is 0.338 e. The van der Waals surface area contributed by atoms with Crippen molar-refractivity contribution >= 4 is 23.5 Å². The zero-order valence-electron chi connectivity index (χ0n) is 13.5. The Kier molecular flexibility index (Phi) is 4.80. The van der Waals surface area contributed by atoms with Crippen molar-refractivity contribution in [3.8, 4) is 0 Å². The molecule has 2 aliphatic heterocycles. The van der Waals surface area contributed by atoms with Crippen LogP contribution in [-0.4, -0.2) is 55.1 Å². The molecule has 1 atom stereocenters. The first-order chi connectivity index (χ1) is 11.5. The van der Waals surface area contributed by atoms with Crippen LogP contribution in [-0.2, 0) is 25.5 Å². The van der Waals surface area contributed by atoms with Crippen LogP contribution in [0.2, 0.25) is 0 Å². The summed E-state index contributed by atoms with van der Waals surface area (Å²) in [6.07, 6.45) is 0.987. The maximum atomic E-state index is 12.1. The standard InChI is InChI=1S/C17H20N2O5/c1-11-9-19(6-7-23-11)16(21)10-24-17(22)13-2-4-14-12(8-13)3-5-15(20)18-14/h2,4,8,11H,3,5-7,9-10H2,1H3,(H,18,20). The van der Waals surface area contributed by atoms with Gasteiger partial charge in [0.2, 0.25) is 5.91 Å². The Morgan fingerprint density at radius 2 is 2.21 bits per heavy atom. The van der Waals surface area contributed by atoms with E-state index in [-0.39, 0.29) is 24.5 Å². The molecule has 0 spiro atoms. The number of amides is 2. The normalized spacial score (nSPS) is 20.1. The Bertz CT molecular complexity index is 673. The van der Waals surface area contributed by atoms with E-state index < -0.39 is 5.97 Å². The number of benzene rings is 1. The van der Waals surface area contributed by atoms with E-state index in [1.54, 1.807) is 23.1 Å². The van der Waals surface area contributed by atoms with Gasteiger partial charge in [0.05, 0.1) is 18.3 Å². The SMILES string of the molecule is CC1CN(C(=O)COC(=O)c2ccc3c(c2)CCC(=O)N3)CCO1. The number of nitrogens with one attached hydrogen (secondary N) is 1. The molecule has 1 fully saturated rings. The van der Waals surface area contributed by atoms with Gasteiger partial charge < -0.3 is 19.7 Å². The van der Waals surface area contributed by atoms with Crippen LogP contribution < -0.4 is 5.32 Å². The van der Waals surface area contributed by atoms with Crippen molar-refractivity contribution in [2.75, 3.05) is 31.6 Å². The van der Waals surface area contributed by atoms with Crippen LogP contribution in [0.5, 0.6) is 0 Å². The Balaban J connectivity index is 1.57. The number of esters is 1. The summed E-state index contributed by atoms with van der Waals surface area (Å²) in [5.74, 6) is -0.781. The first kappa shape index (κ1) is 16.4. The van der Waals surface area contributed by atoms with E-state index >= 15 is 0 Å². The highest BCUT2D eigenvalue weighted by Crippen LogP contribution is 2.23. The summed E-state index contributed by atoms with van der Waals surface area (Å²) in [5, 5.41) is 2.76. The third kappa shape index (κ3) is 3.73. The van der Waals surface area contributed by atoms with E-state index in [4.69, 9.17) is 9.47 Å². The van der Waals surface area contributed by atoms with Gasteiger partial charge in [-0.2, -0.15) is 0 Å². The largest absolute Gasteiger partial charge is 0.452 e. The van der Waals surface area contributed by atoms with E-state index in [9.17, 15) is 14.4 Å². The van der Waals surface area contributed by atoms with E-state index in [2.05, 4.69) is 5.32 Å². The molecular weight excluding hydrogens is 312 g/mol. The average molecular weight is 332 g/mol. The van der Waals surface area contributed by atoms with Crippen molar-refractivity contribution in [1.29, 1.82) is 0 Å². The molecule has 7 nitrogen and oxygen atoms in total. The number of carbonyl (C=O) groups excluding carboxylic acids is 3. The average Bonchev–Trinajstić information content (AvgIpc) is 2.58. The minimum Gasteiger partial charge on any atom is -0.452 e. The quantitative estimate of drug-likeness (QED) is 0.834. The minimum absolute atomic E-state index is 0.00532. The Morgan fingerprint density at radius 1 is 1.38 bits per heavy atom. The van der Waals surface area contributed by atoms with Crippen LogP contribution in [0, 0.1) is 0 Å². The molecule has 0 bridgehead atoms. The van der Waals surface area contributed by atoms with E-state index in [0.717, 1.165) is 11.3 Å². The van der Waals surface area contributed by atoms with Gasteiger partial charge in [-0.1, -0.05) is 0 Å². The predicted molar refractivity (Wildman–Crippen MR) is 85.7 cm³/mol. The van der Waals surface area contributed by atoms with Crippen molar-refractivity contribution in [3.05, 3.63) is 29.3 Å². The molecule has 0 saturated carbocycles. The van der Waals surface area contributed by atoms with Gasteiger partial charge in [0, 0.05) is 25.2 Å². The first-order valence-corrected chi connectivity index (χ1v) is 8.02. The van der Waals surface area contributed by atoms with E-state index in [1.807, 2.05) is 6.92 Å². The van der Waals surface area contributed by atoms with Crippen molar-refractivity contribution in [1.82, 2.24) is 4.90 Å². The summed E-state index contributed by atoms with van der Waals surface area (Å²) < 4.78 is 10.5. The second-order valence-electron chi connectivity index (χ2n) is 6.02. The summed E-state index contributed by atoms with van der Waals surface area (Å²) in [6.45, 7) is 3.14. The lowest BCUT2D eigenvalue weighted by atomic mass is 10.0. The first-order valence-electron chi connectivity index (χ1n) is 8.02. The third-order valence-corrected chi connectivity index (χ3v) is 4.16. The molecule has 0 radical (unpaired) electrons. The predicted octanol–water partition coefficient (Wildman–Crippen LogP) is 0.975. The van der Waals surface area contributed by atoms with Gasteiger partial charge in [0.15, 0.2) is 6.61 Å². The number of anilines is 1. The van der Waals surface area contributed by atoms with Gasteiger partial charge >= 0.3 is 5.97 Å². The maximum absolute atomic E-state index is 12.1. The highest BCUT2D eigenvalue weighted by molar-refractivity contribution is 5.96. The topological polar surface area (TPSA) is 84.9 Å². The number of rotatable bonds is 3. The fourth-order valence-corrected chi connectivity index (χ4v) is 2.86. The van der Waals surface area contributed by atoms with Crippen LogP contribution >= 0.6 is 0 Å². The lowest BCUT2D eigenvalue weighted by molar-refractivity contribution is -0.141. The Labute approximate surface area is 139 Å². The van der Waals surface area contributed by atoms with Crippen LogP contribution in [0.3, 0.4) is 0 Å². The third-order valence-electron chi connectivity index (χ3n) is 4.16. The number of aryl methyl sites for hydroxylation is 1. The van der Waals surface area contributed by atoms with Gasteiger partial charge in [-0.25, -0.2) is 4.79 Å². The second kappa shape index (κ2) is 7.00. The number of hydrogen-bond acceptors (Lipinski definition) is 5. The Morgan fingerprint density at radius 3 is 3.00 bits per heavy atom. The zero-order chi connectivity index (χ0) is 17.1. The van der Waals surface area contributed by atoms with Gasteiger partial charge in [0.1, 0.15) is 0 Å². The second-order valence-corrected chi connectivity index (χ2v) is 6.02. The van der Waals surface area contributed by atoms with Gasteiger partial charge in [0.25, 0.3) is 5.91 Å². The van der Waals surface area contributed by atoms with Crippen LogP contribution in [0.4, 0.5) is 5.69 Å². The lowest BCUT2D eigenvalue weighted by Crippen LogP contribution is -2.46. The molecule has 24 heavy (non-hydrogen) atoms. The molecule has 2 heterocycles. The molecule has 3 rings (SSSR count). The van der Waals surface area contributed by atoms with E-state index in [0.29, 0.717) is 38.1 Å². The number of ether oxygens (including phenoxy) is 2. The number of morpholine rings is 1. The molecule has 1 saturated heterocycles. The van der Waals surface area contributed by atoms with Gasteiger partial charge in [-0.15, -0.1) is 0 Å². The molecule has 2 aliphatic rings. The number of fused-ring (bicyclic) bond motifs is 1. The van der Waals surface area contributed by atoms with Gasteiger partial charge in [-0.05, 0) is 37.1 Å². The Hall–Kier alpha value is -2.41. The fourth-order valence-electron chi connectivity index (χ4n) is 2.86. The molecular formula is C17H20N2O5. The highest BCUT2D eigenvalue weighted by Gasteiger charge is 2.23.